The summed E-state index contributed by atoms with van der Waals surface area (Å²) in [5, 5.41) is 19.2. The number of hydrogen-bond donors (Lipinski definition) is 0. The van der Waals surface area contributed by atoms with Gasteiger partial charge in [0.25, 0.3) is 0 Å². The fourth-order valence-corrected chi connectivity index (χ4v) is 1.32. The molecule has 0 aliphatic rings. The van der Waals surface area contributed by atoms with Crippen LogP contribution in [-0.4, -0.2) is 11.0 Å². The lowest BCUT2D eigenvalue weighted by molar-refractivity contribution is -0.521. The molecule has 0 spiro atoms. The third-order valence-corrected chi connectivity index (χ3v) is 2.62. The molecule has 0 bridgehead atoms. The van der Waals surface area contributed by atoms with Crippen LogP contribution in [0.1, 0.15) is 30.9 Å². The van der Waals surface area contributed by atoms with Gasteiger partial charge in [-0.25, -0.2) is 0 Å². The van der Waals surface area contributed by atoms with Crippen LogP contribution in [-0.2, 0) is 0 Å². The van der Waals surface area contributed by atoms with Crippen molar-refractivity contribution in [3.8, 4) is 6.07 Å². The molecule has 1 aromatic rings. The summed E-state index contributed by atoms with van der Waals surface area (Å²) in [7, 11) is 0. The van der Waals surface area contributed by atoms with Gasteiger partial charge >= 0.3 is 0 Å². The molecule has 0 aliphatic carbocycles. The molecule has 1 aromatic carbocycles. The molecule has 4 heteroatoms. The second-order valence-electron chi connectivity index (χ2n) is 3.55. The second kappa shape index (κ2) is 4.56. The van der Waals surface area contributed by atoms with Crippen LogP contribution in [0.5, 0.6) is 0 Å². The standard InChI is InChI=1S/C11H12N2O2/c1-8(9(2)13(14)15)11-5-3-10(7-12)4-6-11/h3-6,8-9H,1-2H3. The Morgan fingerprint density at radius 2 is 1.87 bits per heavy atom. The first-order valence-corrected chi connectivity index (χ1v) is 4.70. The average molecular weight is 204 g/mol. The van der Waals surface area contributed by atoms with Gasteiger partial charge in [-0.15, -0.1) is 0 Å². The van der Waals surface area contributed by atoms with E-state index in [4.69, 9.17) is 5.26 Å². The molecule has 0 aromatic heterocycles. The zero-order valence-electron chi connectivity index (χ0n) is 8.68. The summed E-state index contributed by atoms with van der Waals surface area (Å²) in [6.45, 7) is 3.40. The third kappa shape index (κ3) is 2.53. The van der Waals surface area contributed by atoms with Crippen LogP contribution in [0, 0.1) is 21.4 Å². The maximum Gasteiger partial charge on any atom is 0.216 e. The maximum atomic E-state index is 10.6. The second-order valence-corrected chi connectivity index (χ2v) is 3.55. The van der Waals surface area contributed by atoms with Gasteiger partial charge in [0.1, 0.15) is 0 Å². The van der Waals surface area contributed by atoms with Crippen LogP contribution >= 0.6 is 0 Å². The number of hydrogen-bond acceptors (Lipinski definition) is 3. The van der Waals surface area contributed by atoms with Gasteiger partial charge in [0.2, 0.25) is 6.04 Å². The van der Waals surface area contributed by atoms with Gasteiger partial charge in [-0.3, -0.25) is 10.1 Å². The highest BCUT2D eigenvalue weighted by molar-refractivity contribution is 5.33. The molecule has 0 saturated heterocycles. The Kier molecular flexibility index (Phi) is 3.40. The molecule has 4 nitrogen and oxygen atoms in total. The van der Waals surface area contributed by atoms with Crippen molar-refractivity contribution in [1.82, 2.24) is 0 Å². The molecule has 0 amide bonds. The van der Waals surface area contributed by atoms with Crippen molar-refractivity contribution < 1.29 is 4.92 Å². The highest BCUT2D eigenvalue weighted by Gasteiger charge is 2.23. The number of rotatable bonds is 3. The first-order valence-electron chi connectivity index (χ1n) is 4.70. The van der Waals surface area contributed by atoms with E-state index in [0.717, 1.165) is 5.56 Å². The molecule has 0 heterocycles. The SMILES string of the molecule is CC(c1ccc(C#N)cc1)C(C)[N+](=O)[O-]. The van der Waals surface area contributed by atoms with Crippen LogP contribution in [0.3, 0.4) is 0 Å². The van der Waals surface area contributed by atoms with E-state index in [1.807, 2.05) is 13.0 Å². The Morgan fingerprint density at radius 3 is 2.27 bits per heavy atom. The number of nitriles is 1. The van der Waals surface area contributed by atoms with Gasteiger partial charge in [-0.1, -0.05) is 19.1 Å². The number of nitrogens with zero attached hydrogens (tertiary/aromatic N) is 2. The van der Waals surface area contributed by atoms with E-state index < -0.39 is 6.04 Å². The van der Waals surface area contributed by atoms with Gasteiger partial charge in [-0.05, 0) is 17.7 Å². The highest BCUT2D eigenvalue weighted by Crippen LogP contribution is 2.20. The Hall–Kier alpha value is -1.89. The summed E-state index contributed by atoms with van der Waals surface area (Å²) in [6.07, 6.45) is 0. The number of nitro groups is 1. The summed E-state index contributed by atoms with van der Waals surface area (Å²) >= 11 is 0. The third-order valence-electron chi connectivity index (χ3n) is 2.62. The monoisotopic (exact) mass is 204 g/mol. The molecule has 0 fully saturated rings. The molecule has 0 saturated carbocycles. The van der Waals surface area contributed by atoms with Crippen molar-refractivity contribution in [2.24, 2.45) is 0 Å². The largest absolute Gasteiger partial charge is 0.264 e. The van der Waals surface area contributed by atoms with Crippen molar-refractivity contribution in [3.63, 3.8) is 0 Å². The van der Waals surface area contributed by atoms with Crippen LogP contribution in [0.25, 0.3) is 0 Å². The van der Waals surface area contributed by atoms with E-state index in [1.54, 1.807) is 31.2 Å². The minimum atomic E-state index is -0.613. The molecule has 15 heavy (non-hydrogen) atoms. The van der Waals surface area contributed by atoms with E-state index in [2.05, 4.69) is 0 Å². The molecule has 0 N–H and O–H groups in total. The van der Waals surface area contributed by atoms with E-state index in [1.165, 1.54) is 0 Å². The minimum absolute atomic E-state index is 0.146. The lowest BCUT2D eigenvalue weighted by atomic mass is 9.94. The lowest BCUT2D eigenvalue weighted by Crippen LogP contribution is -2.21. The van der Waals surface area contributed by atoms with Crippen molar-refractivity contribution in [2.45, 2.75) is 25.8 Å². The summed E-state index contributed by atoms with van der Waals surface area (Å²) in [5.41, 5.74) is 1.46. The maximum absolute atomic E-state index is 10.6. The van der Waals surface area contributed by atoms with E-state index >= 15 is 0 Å². The zero-order valence-corrected chi connectivity index (χ0v) is 8.68. The van der Waals surface area contributed by atoms with Crippen molar-refractivity contribution in [2.75, 3.05) is 0 Å². The van der Waals surface area contributed by atoms with Crippen molar-refractivity contribution >= 4 is 0 Å². The van der Waals surface area contributed by atoms with Gasteiger partial charge in [0, 0.05) is 17.8 Å². The van der Waals surface area contributed by atoms with Crippen LogP contribution < -0.4 is 0 Å². The quantitative estimate of drug-likeness (QED) is 0.560. The Labute approximate surface area is 88.3 Å². The molecular weight excluding hydrogens is 192 g/mol. The molecule has 0 aliphatic heterocycles. The Morgan fingerprint density at radius 1 is 1.33 bits per heavy atom. The fraction of sp³-hybridized carbons (Fsp3) is 0.364. The molecule has 2 unspecified atom stereocenters. The molecular formula is C11H12N2O2. The van der Waals surface area contributed by atoms with Crippen molar-refractivity contribution in [3.05, 3.63) is 45.5 Å². The zero-order chi connectivity index (χ0) is 11.4. The van der Waals surface area contributed by atoms with E-state index in [-0.39, 0.29) is 10.8 Å². The lowest BCUT2D eigenvalue weighted by Gasteiger charge is -2.13. The van der Waals surface area contributed by atoms with Gasteiger partial charge in [-0.2, -0.15) is 5.26 Å². The average Bonchev–Trinajstić information content (AvgIpc) is 2.27. The first kappa shape index (κ1) is 11.2. The highest BCUT2D eigenvalue weighted by atomic mass is 16.6. The molecule has 2 atom stereocenters. The molecule has 0 radical (unpaired) electrons. The predicted octanol–water partition coefficient (Wildman–Crippen LogP) is 2.33. The fourth-order valence-electron chi connectivity index (χ4n) is 1.32. The summed E-state index contributed by atoms with van der Waals surface area (Å²) in [6, 6.07) is 8.29. The number of benzene rings is 1. The predicted molar refractivity (Wildman–Crippen MR) is 56.0 cm³/mol. The topological polar surface area (TPSA) is 66.9 Å². The van der Waals surface area contributed by atoms with Gasteiger partial charge < -0.3 is 0 Å². The van der Waals surface area contributed by atoms with Gasteiger partial charge in [0.15, 0.2) is 0 Å². The minimum Gasteiger partial charge on any atom is -0.264 e. The van der Waals surface area contributed by atoms with Gasteiger partial charge in [0.05, 0.1) is 11.6 Å². The molecule has 1 rings (SSSR count). The van der Waals surface area contributed by atoms with E-state index in [9.17, 15) is 10.1 Å². The van der Waals surface area contributed by atoms with Crippen LogP contribution in [0.15, 0.2) is 24.3 Å². The summed E-state index contributed by atoms with van der Waals surface area (Å²) in [5.74, 6) is -0.146. The summed E-state index contributed by atoms with van der Waals surface area (Å²) < 4.78 is 0. The van der Waals surface area contributed by atoms with E-state index in [0.29, 0.717) is 5.56 Å². The first-order chi connectivity index (χ1) is 7.06. The van der Waals surface area contributed by atoms with Crippen LogP contribution in [0.4, 0.5) is 0 Å². The Bertz CT molecular complexity index is 392. The van der Waals surface area contributed by atoms with Crippen LogP contribution in [0.2, 0.25) is 0 Å². The Balaban J connectivity index is 2.88. The summed E-state index contributed by atoms with van der Waals surface area (Å²) in [4.78, 5) is 10.3. The molecule has 78 valence electrons. The van der Waals surface area contributed by atoms with Crippen molar-refractivity contribution in [1.29, 1.82) is 5.26 Å². The normalized spacial score (nSPS) is 13.9. The smallest absolute Gasteiger partial charge is 0.216 e.